The largest absolute Gasteiger partial charge is 0.462 e. The topological polar surface area (TPSA) is 92.3 Å². The molecule has 150 valence electrons. The highest BCUT2D eigenvalue weighted by Gasteiger charge is 2.15. The fraction of sp³-hybridized carbons (Fsp3) is 0.0870. The van der Waals surface area contributed by atoms with Crippen molar-refractivity contribution in [2.75, 3.05) is 11.9 Å². The van der Waals surface area contributed by atoms with Crippen molar-refractivity contribution in [2.45, 2.75) is 6.92 Å². The molecule has 1 heterocycles. The van der Waals surface area contributed by atoms with Crippen molar-refractivity contribution >= 4 is 35.2 Å². The Balaban J connectivity index is 1.83. The molecule has 3 rings (SSSR count). The molecule has 0 radical (unpaired) electrons. The Hall–Kier alpha value is -3.82. The van der Waals surface area contributed by atoms with Crippen LogP contribution in [0.15, 0.2) is 70.7 Å². The first-order valence-corrected chi connectivity index (χ1v) is 9.44. The van der Waals surface area contributed by atoms with Gasteiger partial charge in [-0.2, -0.15) is 5.26 Å². The van der Waals surface area contributed by atoms with E-state index in [0.29, 0.717) is 22.8 Å². The minimum Gasteiger partial charge on any atom is -0.462 e. The first-order valence-electron chi connectivity index (χ1n) is 9.07. The van der Waals surface area contributed by atoms with Gasteiger partial charge in [-0.1, -0.05) is 29.8 Å². The number of anilines is 1. The third-order valence-electron chi connectivity index (χ3n) is 4.06. The lowest BCUT2D eigenvalue weighted by Gasteiger charge is -2.06. The van der Waals surface area contributed by atoms with Crippen LogP contribution in [0, 0.1) is 11.3 Å². The smallest absolute Gasteiger partial charge is 0.339 e. The molecule has 0 aliphatic carbocycles. The number of para-hydroxylation sites is 1. The molecule has 1 N–H and O–H groups in total. The minimum atomic E-state index is -0.544. The lowest BCUT2D eigenvalue weighted by Crippen LogP contribution is -2.13. The summed E-state index contributed by atoms with van der Waals surface area (Å²) in [4.78, 5) is 24.4. The zero-order valence-electron chi connectivity index (χ0n) is 16.0. The quantitative estimate of drug-likeness (QED) is 0.331. The third kappa shape index (κ3) is 4.96. The van der Waals surface area contributed by atoms with Gasteiger partial charge in [0, 0.05) is 17.3 Å². The van der Waals surface area contributed by atoms with Gasteiger partial charge in [0.15, 0.2) is 0 Å². The van der Waals surface area contributed by atoms with Gasteiger partial charge < -0.3 is 14.5 Å². The molecule has 30 heavy (non-hydrogen) atoms. The summed E-state index contributed by atoms with van der Waals surface area (Å²) >= 11 is 6.09. The van der Waals surface area contributed by atoms with Crippen molar-refractivity contribution in [3.63, 3.8) is 0 Å². The normalized spacial score (nSPS) is 10.9. The maximum absolute atomic E-state index is 12.3. The van der Waals surface area contributed by atoms with Gasteiger partial charge in [-0.25, -0.2) is 4.79 Å². The maximum Gasteiger partial charge on any atom is 0.339 e. The molecule has 0 saturated carbocycles. The molecule has 3 aromatic rings. The fourth-order valence-corrected chi connectivity index (χ4v) is 2.83. The number of amides is 1. The molecular formula is C23H17ClN2O4. The number of ether oxygens (including phenoxy) is 1. The second-order valence-corrected chi connectivity index (χ2v) is 6.51. The minimum absolute atomic E-state index is 0.108. The number of carbonyl (C=O) groups is 2. The zero-order chi connectivity index (χ0) is 21.5. The molecule has 0 bridgehead atoms. The van der Waals surface area contributed by atoms with Crippen LogP contribution in [-0.4, -0.2) is 18.5 Å². The first-order chi connectivity index (χ1) is 14.5. The van der Waals surface area contributed by atoms with Crippen LogP contribution in [0.4, 0.5) is 5.69 Å². The summed E-state index contributed by atoms with van der Waals surface area (Å²) in [6.07, 6.45) is 1.35. The van der Waals surface area contributed by atoms with Gasteiger partial charge in [0.05, 0.1) is 17.2 Å². The van der Waals surface area contributed by atoms with Crippen molar-refractivity contribution < 1.29 is 18.7 Å². The van der Waals surface area contributed by atoms with Gasteiger partial charge in [-0.05, 0) is 49.4 Å². The van der Waals surface area contributed by atoms with E-state index in [1.165, 1.54) is 6.08 Å². The van der Waals surface area contributed by atoms with Crippen LogP contribution in [0.25, 0.3) is 17.4 Å². The molecule has 0 aliphatic heterocycles. The van der Waals surface area contributed by atoms with Crippen LogP contribution in [0.5, 0.6) is 0 Å². The summed E-state index contributed by atoms with van der Waals surface area (Å²) in [6.45, 7) is 1.94. The monoisotopic (exact) mass is 420 g/mol. The number of rotatable bonds is 6. The average molecular weight is 421 g/mol. The van der Waals surface area contributed by atoms with Gasteiger partial charge in [0.1, 0.15) is 23.2 Å². The number of halogens is 1. The molecule has 7 heteroatoms. The van der Waals surface area contributed by atoms with E-state index in [1.54, 1.807) is 61.5 Å². The standard InChI is InChI=1S/C23H17ClN2O4/c1-2-29-23(28)19-13-15(8-10-20(19)24)21-11-9-18(30-21)12-16(14-25)22(27)26-17-6-4-3-5-7-17/h3-13H,2H2,1H3,(H,26,27)/b16-12+. The molecule has 0 spiro atoms. The van der Waals surface area contributed by atoms with E-state index in [2.05, 4.69) is 5.32 Å². The van der Waals surface area contributed by atoms with Gasteiger partial charge in [-0.15, -0.1) is 0 Å². The molecule has 2 aromatic carbocycles. The van der Waals surface area contributed by atoms with E-state index >= 15 is 0 Å². The van der Waals surface area contributed by atoms with Crippen LogP contribution in [0.2, 0.25) is 5.02 Å². The zero-order valence-corrected chi connectivity index (χ0v) is 16.8. The number of hydrogen-bond donors (Lipinski definition) is 1. The SMILES string of the molecule is CCOC(=O)c1cc(-c2ccc(/C=C(\C#N)C(=O)Nc3ccccc3)o2)ccc1Cl. The molecule has 0 fully saturated rings. The van der Waals surface area contributed by atoms with Gasteiger partial charge >= 0.3 is 5.97 Å². The Morgan fingerprint density at radius 3 is 2.63 bits per heavy atom. The second-order valence-electron chi connectivity index (χ2n) is 6.11. The number of carbonyl (C=O) groups excluding carboxylic acids is 2. The molecule has 0 saturated heterocycles. The van der Waals surface area contributed by atoms with Crippen LogP contribution in [0.3, 0.4) is 0 Å². The summed E-state index contributed by atoms with van der Waals surface area (Å²) in [7, 11) is 0. The molecular weight excluding hydrogens is 404 g/mol. The lowest BCUT2D eigenvalue weighted by atomic mass is 10.1. The fourth-order valence-electron chi connectivity index (χ4n) is 2.64. The average Bonchev–Trinajstić information content (AvgIpc) is 3.21. The van der Waals surface area contributed by atoms with Crippen molar-refractivity contribution in [3.8, 4) is 17.4 Å². The van der Waals surface area contributed by atoms with Gasteiger partial charge in [0.25, 0.3) is 5.91 Å². The number of benzene rings is 2. The van der Waals surface area contributed by atoms with E-state index in [-0.39, 0.29) is 22.8 Å². The number of nitriles is 1. The van der Waals surface area contributed by atoms with Crippen LogP contribution in [0.1, 0.15) is 23.0 Å². The molecule has 1 aromatic heterocycles. The molecule has 0 atom stereocenters. The number of nitrogens with zero attached hydrogens (tertiary/aromatic N) is 1. The number of nitrogens with one attached hydrogen (secondary N) is 1. The van der Waals surface area contributed by atoms with E-state index in [1.807, 2.05) is 12.1 Å². The Morgan fingerprint density at radius 2 is 1.93 bits per heavy atom. The summed E-state index contributed by atoms with van der Waals surface area (Å²) < 4.78 is 10.7. The van der Waals surface area contributed by atoms with Crippen LogP contribution < -0.4 is 5.32 Å². The second kappa shape index (κ2) is 9.59. The van der Waals surface area contributed by atoms with Gasteiger partial charge in [-0.3, -0.25) is 4.79 Å². The highest BCUT2D eigenvalue weighted by Crippen LogP contribution is 2.28. The van der Waals surface area contributed by atoms with Gasteiger partial charge in [0.2, 0.25) is 0 Å². The lowest BCUT2D eigenvalue weighted by molar-refractivity contribution is -0.112. The Kier molecular flexibility index (Phi) is 6.68. The van der Waals surface area contributed by atoms with Crippen molar-refractivity contribution in [1.82, 2.24) is 0 Å². The molecule has 0 aliphatic rings. The van der Waals surface area contributed by atoms with E-state index in [9.17, 15) is 14.9 Å². The predicted octanol–water partition coefficient (Wildman–Crippen LogP) is 5.32. The number of esters is 1. The van der Waals surface area contributed by atoms with Crippen LogP contribution in [-0.2, 0) is 9.53 Å². The molecule has 6 nitrogen and oxygen atoms in total. The summed E-state index contributed by atoms with van der Waals surface area (Å²) in [5.74, 6) is -0.306. The van der Waals surface area contributed by atoms with E-state index in [0.717, 1.165) is 0 Å². The number of hydrogen-bond acceptors (Lipinski definition) is 5. The predicted molar refractivity (Wildman–Crippen MR) is 114 cm³/mol. The highest BCUT2D eigenvalue weighted by molar-refractivity contribution is 6.33. The van der Waals surface area contributed by atoms with Crippen molar-refractivity contribution in [3.05, 3.63) is 82.6 Å². The Morgan fingerprint density at radius 1 is 1.17 bits per heavy atom. The summed E-state index contributed by atoms with van der Waals surface area (Å²) in [5, 5.41) is 12.3. The Bertz CT molecular complexity index is 1140. The van der Waals surface area contributed by atoms with Crippen molar-refractivity contribution in [2.24, 2.45) is 0 Å². The highest BCUT2D eigenvalue weighted by atomic mass is 35.5. The number of furan rings is 1. The summed E-state index contributed by atoms with van der Waals surface area (Å²) in [5.41, 5.74) is 1.30. The van der Waals surface area contributed by atoms with E-state index < -0.39 is 11.9 Å². The maximum atomic E-state index is 12.3. The molecule has 0 unspecified atom stereocenters. The third-order valence-corrected chi connectivity index (χ3v) is 4.39. The summed E-state index contributed by atoms with van der Waals surface area (Å²) in [6, 6.07) is 18.8. The van der Waals surface area contributed by atoms with Crippen molar-refractivity contribution in [1.29, 1.82) is 5.26 Å². The van der Waals surface area contributed by atoms with Crippen LogP contribution >= 0.6 is 11.6 Å². The Labute approximate surface area is 178 Å². The molecule has 1 amide bonds. The van der Waals surface area contributed by atoms with E-state index in [4.69, 9.17) is 20.8 Å². The first kappa shape index (κ1) is 20.9.